The molecule has 0 amide bonds. The summed E-state index contributed by atoms with van der Waals surface area (Å²) in [6.45, 7) is 56.8. The van der Waals surface area contributed by atoms with Crippen molar-refractivity contribution >= 4 is 41.8 Å². The Morgan fingerprint density at radius 3 is 0.382 bits per heavy atom. The Bertz CT molecular complexity index is 2760. The molecule has 14 nitrogen and oxygen atoms in total. The van der Waals surface area contributed by atoms with E-state index in [0.29, 0.717) is 0 Å². The van der Waals surface area contributed by atoms with Crippen LogP contribution in [0.4, 0.5) is 0 Å². The summed E-state index contributed by atoms with van der Waals surface area (Å²) >= 11 is 0. The maximum atomic E-state index is 12.4. The monoisotopic (exact) mass is 1880 g/mol. The highest BCUT2D eigenvalue weighted by molar-refractivity contribution is 5.79. The number of ether oxygens (including phenoxy) is 7. The minimum Gasteiger partial charge on any atom is -0.459 e. The van der Waals surface area contributed by atoms with Crippen LogP contribution in [0, 0.1) is 37.9 Å². The Morgan fingerprint density at radius 2 is 0.260 bits per heavy atom. The summed E-state index contributed by atoms with van der Waals surface area (Å²) in [4.78, 5) is 84.8. The fourth-order valence-corrected chi connectivity index (χ4v) is 15.8. The zero-order chi connectivity index (χ0) is 89.2. The van der Waals surface area contributed by atoms with Gasteiger partial charge in [-0.3, -0.25) is 33.6 Å². The number of hydrogen-bond acceptors (Lipinski definition) is 14. The molecule has 0 aromatic heterocycles. The van der Waals surface area contributed by atoms with Crippen molar-refractivity contribution in [1.82, 2.24) is 0 Å². The topological polar surface area (TPSA) is 184 Å². The Balaban J connectivity index is -0.000000100. The van der Waals surface area contributed by atoms with Gasteiger partial charge in [0, 0.05) is 0 Å². The van der Waals surface area contributed by atoms with Gasteiger partial charge in [0.1, 0.15) is 39.2 Å². The quantitative estimate of drug-likeness (QED) is 0.0505. The lowest BCUT2D eigenvalue weighted by atomic mass is 9.82. The van der Waals surface area contributed by atoms with Gasteiger partial charge in [-0.25, -0.2) is 0 Å². The number of esters is 7. The normalized spacial score (nSPS) is 18.8. The molecule has 0 aromatic carbocycles. The van der Waals surface area contributed by atoms with Crippen LogP contribution >= 0.6 is 0 Å². The minimum absolute atomic E-state index is 0. The van der Waals surface area contributed by atoms with Gasteiger partial charge < -0.3 is 33.2 Å². The average molecular weight is 1880 g/mol. The van der Waals surface area contributed by atoms with Gasteiger partial charge in [-0.1, -0.05) is 276 Å². The molecule has 0 bridgehead atoms. The molecule has 0 atom stereocenters. The van der Waals surface area contributed by atoms with Gasteiger partial charge in [0.05, 0.1) is 37.9 Å². The van der Waals surface area contributed by atoms with Crippen molar-refractivity contribution in [1.29, 1.82) is 0 Å². The van der Waals surface area contributed by atoms with Crippen LogP contribution in [-0.4, -0.2) is 81.0 Å². The second-order valence-corrected chi connectivity index (χ2v) is 42.9. The lowest BCUT2D eigenvalue weighted by Crippen LogP contribution is -2.40. The molecule has 0 saturated heterocycles. The van der Waals surface area contributed by atoms with E-state index < -0.39 is 0 Å². The van der Waals surface area contributed by atoms with Crippen molar-refractivity contribution < 1.29 is 66.7 Å². The molecule has 0 N–H and O–H groups in total. The highest BCUT2D eigenvalue weighted by Crippen LogP contribution is 2.43. The van der Waals surface area contributed by atoms with Crippen LogP contribution in [0.5, 0.6) is 0 Å². The van der Waals surface area contributed by atoms with Crippen LogP contribution in [0.3, 0.4) is 0 Å². The van der Waals surface area contributed by atoms with E-state index >= 15 is 0 Å². The van der Waals surface area contributed by atoms with E-state index in [0.717, 1.165) is 154 Å². The third-order valence-electron chi connectivity index (χ3n) is 29.5. The molecule has 0 spiro atoms. The van der Waals surface area contributed by atoms with Crippen LogP contribution in [0.25, 0.3) is 0 Å². The number of hydrogen-bond donors (Lipinski definition) is 0. The van der Waals surface area contributed by atoms with E-state index in [1.165, 1.54) is 193 Å². The van der Waals surface area contributed by atoms with E-state index in [9.17, 15) is 33.6 Å². The van der Waals surface area contributed by atoms with Gasteiger partial charge in [-0.2, -0.15) is 0 Å². The van der Waals surface area contributed by atoms with E-state index in [4.69, 9.17) is 33.2 Å². The summed E-state index contributed by atoms with van der Waals surface area (Å²) in [5.41, 5.74) is -3.67. The minimum atomic E-state index is -0.354. The standard InChI is InChI=1S/C19H36O2.C17H32O2.C15H28O2.C14H26O2.2C13H24O2.C12H22O2.14CH4/c1-5-18(2,3)17(20)21-19(4)15-13-11-9-7-6-8-10-12-14-16-19;1-5-16(2,3)15(18)19-17(4)13-11-9-7-6-8-10-12-14-17;1-5-14(3,4)13(16)17-15(6-2)11-9-7-8-10-12-15;1-5-13(3,4)12(15)16-14(6-2)10-8-7-9-11-14;1-5-12(2,3)11(14)15-13(4)9-7-6-8-10-13;1-5-12(3,4)11(14)15-13(6-2)9-7-8-10-13;1-5-11(2,3)10(13)14-12(4)8-6-7-9-12;;;;;;;;;;;;;;/h5-16H2,1-4H3;5-14H2,1-4H3;5-12H2,1-4H3;5-11H2,1-4H3;2*5-10H2,1-4H3;5-9H2,1-4H3;14*1H4. The van der Waals surface area contributed by atoms with Crippen molar-refractivity contribution in [3.05, 3.63) is 0 Å². The molecule has 7 saturated carbocycles. The molecule has 131 heavy (non-hydrogen) atoms. The maximum absolute atomic E-state index is 12.4. The Labute approximate surface area is 825 Å². The molecule has 0 aromatic rings. The number of carbonyl (C=O) groups excluding carboxylic acids is 7. The molecular formula is C117H248O14. The third kappa shape index (κ3) is 58.7. The molecule has 7 aliphatic rings. The second-order valence-electron chi connectivity index (χ2n) is 42.9. The molecule has 0 unspecified atom stereocenters. The maximum Gasteiger partial charge on any atom is 0.312 e. The first-order chi connectivity index (χ1) is 54.5. The van der Waals surface area contributed by atoms with E-state index in [2.05, 4.69) is 62.3 Å². The SMILES string of the molecule is C.C.C.C.C.C.C.C.C.C.C.C.C.C.CCC(C)(C)C(=O)OC1(C)CCCC1.CCC(C)(C)C(=O)OC1(C)CCCCC1.CCC(C)(C)C(=O)OC1(C)CCCCCCCCC1.CCC(C)(C)C(=O)OC1(C)CCCCCCCCCCC1.CCC1(OC(=O)C(C)(C)CC)CCCC1.CCC1(OC(=O)C(C)(C)CC)CCCCC1.CCC1(OC(=O)C(C)(C)CC)CCCCCC1. The van der Waals surface area contributed by atoms with Gasteiger partial charge in [-0.15, -0.1) is 0 Å². The largest absolute Gasteiger partial charge is 0.459 e. The van der Waals surface area contributed by atoms with Crippen molar-refractivity contribution in [3.63, 3.8) is 0 Å². The summed E-state index contributed by atoms with van der Waals surface area (Å²) in [5, 5.41) is 0. The molecule has 0 radical (unpaired) electrons. The van der Waals surface area contributed by atoms with Crippen LogP contribution in [0.1, 0.15) is 645 Å². The van der Waals surface area contributed by atoms with Crippen molar-refractivity contribution in [2.75, 3.05) is 0 Å². The molecular weight excluding hydrogens is 1630 g/mol. The van der Waals surface area contributed by atoms with Gasteiger partial charge in [0.2, 0.25) is 0 Å². The van der Waals surface area contributed by atoms with Gasteiger partial charge in [0.15, 0.2) is 0 Å². The summed E-state index contributed by atoms with van der Waals surface area (Å²) < 4.78 is 40.8. The van der Waals surface area contributed by atoms with E-state index in [1.54, 1.807) is 0 Å². The highest BCUT2D eigenvalue weighted by Gasteiger charge is 2.45. The fourth-order valence-electron chi connectivity index (χ4n) is 15.8. The first-order valence-electron chi connectivity index (χ1n) is 49.1. The highest BCUT2D eigenvalue weighted by atomic mass is 16.6. The molecule has 7 rings (SSSR count). The summed E-state index contributed by atoms with van der Waals surface area (Å²) in [6, 6.07) is 0. The molecule has 0 aliphatic heterocycles. The molecule has 7 fully saturated rings. The third-order valence-corrected chi connectivity index (χ3v) is 29.5. The summed E-state index contributed by atoms with van der Waals surface area (Å²) in [7, 11) is 0. The zero-order valence-electron chi connectivity index (χ0n) is 82.4. The number of carbonyl (C=O) groups is 7. The van der Waals surface area contributed by atoms with Crippen LogP contribution in [-0.2, 0) is 66.7 Å². The van der Waals surface area contributed by atoms with E-state index in [-0.39, 0.29) is 223 Å². The average Bonchev–Trinajstić information content (AvgIpc) is 1.78. The summed E-state index contributed by atoms with van der Waals surface area (Å²) in [6.07, 6.45) is 61.1. The van der Waals surface area contributed by atoms with Gasteiger partial charge >= 0.3 is 41.8 Å². The van der Waals surface area contributed by atoms with Crippen molar-refractivity contribution in [2.24, 2.45) is 37.9 Å². The van der Waals surface area contributed by atoms with Crippen LogP contribution in [0.15, 0.2) is 0 Å². The predicted octanol–water partition coefficient (Wildman–Crippen LogP) is 39.4. The fraction of sp³-hybridized carbons (Fsp3) is 0.940. The zero-order valence-corrected chi connectivity index (χ0v) is 82.4. The smallest absolute Gasteiger partial charge is 0.312 e. The Morgan fingerprint density at radius 1 is 0.168 bits per heavy atom. The predicted molar refractivity (Wildman–Crippen MR) is 581 cm³/mol. The lowest BCUT2D eigenvalue weighted by molar-refractivity contribution is -0.175. The van der Waals surface area contributed by atoms with Crippen molar-refractivity contribution in [2.45, 2.75) is 684 Å². The lowest BCUT2D eigenvalue weighted by Gasteiger charge is -2.38. The molecule has 0 heterocycles. The first-order valence-corrected chi connectivity index (χ1v) is 49.1. The van der Waals surface area contributed by atoms with Crippen LogP contribution in [0.2, 0.25) is 0 Å². The molecule has 7 aliphatic carbocycles. The van der Waals surface area contributed by atoms with Gasteiger partial charge in [0.25, 0.3) is 0 Å². The second kappa shape index (κ2) is 75.3. The number of rotatable bonds is 24. The molecule has 800 valence electrons. The van der Waals surface area contributed by atoms with Crippen LogP contribution < -0.4 is 0 Å². The summed E-state index contributed by atoms with van der Waals surface area (Å²) in [5.74, 6) is -0.149. The Hall–Kier alpha value is -3.71. The first kappa shape index (κ1) is 158. The van der Waals surface area contributed by atoms with Crippen molar-refractivity contribution in [3.8, 4) is 0 Å². The van der Waals surface area contributed by atoms with E-state index in [1.807, 2.05) is 132 Å². The van der Waals surface area contributed by atoms with Gasteiger partial charge in [-0.05, 0) is 369 Å². The Kier molecular flexibility index (Phi) is 90.9. The molecule has 14 heteroatoms.